The molecule has 3 nitrogen and oxygen atoms in total. The minimum absolute atomic E-state index is 0.163. The van der Waals surface area contributed by atoms with Gasteiger partial charge >= 0.3 is 0 Å². The van der Waals surface area contributed by atoms with Gasteiger partial charge in [-0.25, -0.2) is 4.98 Å². The van der Waals surface area contributed by atoms with Crippen LogP contribution in [-0.4, -0.2) is 10.9 Å². The molecule has 0 aliphatic heterocycles. The van der Waals surface area contributed by atoms with Gasteiger partial charge in [-0.1, -0.05) is 53.3 Å². The van der Waals surface area contributed by atoms with Gasteiger partial charge in [-0.05, 0) is 47.5 Å². The van der Waals surface area contributed by atoms with Crippen molar-refractivity contribution in [3.63, 3.8) is 0 Å². The van der Waals surface area contributed by atoms with E-state index < -0.39 is 0 Å². The van der Waals surface area contributed by atoms with Crippen LogP contribution in [0, 0.1) is 6.92 Å². The summed E-state index contributed by atoms with van der Waals surface area (Å²) < 4.78 is 0.966. The maximum Gasteiger partial charge on any atom is 0.257 e. The fourth-order valence-electron chi connectivity index (χ4n) is 2.71. The summed E-state index contributed by atoms with van der Waals surface area (Å²) in [4.78, 5) is 17.0. The Labute approximate surface area is 147 Å². The zero-order valence-electron chi connectivity index (χ0n) is 12.8. The quantitative estimate of drug-likeness (QED) is 0.505. The SMILES string of the molecule is Cc1cc(Cl)cc2sc(NC(=O)c3ccc4ccccc4c3)nc12. The maximum atomic E-state index is 12.5. The lowest BCUT2D eigenvalue weighted by Crippen LogP contribution is -2.11. The maximum absolute atomic E-state index is 12.5. The van der Waals surface area contributed by atoms with Crippen molar-refractivity contribution >= 4 is 55.0 Å². The molecular weight excluding hydrogens is 340 g/mol. The van der Waals surface area contributed by atoms with Crippen LogP contribution in [0.25, 0.3) is 21.0 Å². The van der Waals surface area contributed by atoms with Crippen molar-refractivity contribution in [3.8, 4) is 0 Å². The highest BCUT2D eigenvalue weighted by atomic mass is 35.5. The molecule has 0 aliphatic rings. The number of aromatic nitrogens is 1. The van der Waals surface area contributed by atoms with E-state index in [4.69, 9.17) is 11.6 Å². The summed E-state index contributed by atoms with van der Waals surface area (Å²) in [7, 11) is 0. The number of hydrogen-bond acceptors (Lipinski definition) is 3. The number of benzene rings is 3. The minimum Gasteiger partial charge on any atom is -0.298 e. The molecule has 0 radical (unpaired) electrons. The molecule has 4 aromatic rings. The van der Waals surface area contributed by atoms with E-state index in [1.165, 1.54) is 11.3 Å². The number of nitrogens with one attached hydrogen (secondary N) is 1. The van der Waals surface area contributed by atoms with E-state index in [0.717, 1.165) is 26.6 Å². The van der Waals surface area contributed by atoms with Crippen LogP contribution >= 0.6 is 22.9 Å². The van der Waals surface area contributed by atoms with Crippen LogP contribution in [0.1, 0.15) is 15.9 Å². The number of fused-ring (bicyclic) bond motifs is 2. The van der Waals surface area contributed by atoms with Crippen molar-refractivity contribution in [2.45, 2.75) is 6.92 Å². The molecule has 0 bridgehead atoms. The first-order valence-electron chi connectivity index (χ1n) is 7.47. The molecule has 0 unspecified atom stereocenters. The van der Waals surface area contributed by atoms with Gasteiger partial charge in [-0.2, -0.15) is 0 Å². The number of halogens is 1. The van der Waals surface area contributed by atoms with Gasteiger partial charge < -0.3 is 0 Å². The standard InChI is InChI=1S/C19H13ClN2OS/c1-11-8-15(20)10-16-17(11)21-19(24-16)22-18(23)14-7-6-12-4-2-3-5-13(12)9-14/h2-10H,1H3,(H,21,22,23). The summed E-state index contributed by atoms with van der Waals surface area (Å²) >= 11 is 7.51. The first-order valence-corrected chi connectivity index (χ1v) is 8.66. The molecule has 0 atom stereocenters. The number of nitrogens with zero attached hydrogens (tertiary/aromatic N) is 1. The van der Waals surface area contributed by atoms with Crippen molar-refractivity contribution in [2.75, 3.05) is 5.32 Å². The summed E-state index contributed by atoms with van der Waals surface area (Å²) in [6.45, 7) is 1.96. The lowest BCUT2D eigenvalue weighted by molar-refractivity contribution is 0.102. The average molecular weight is 353 g/mol. The highest BCUT2D eigenvalue weighted by Crippen LogP contribution is 2.31. The molecule has 1 heterocycles. The number of rotatable bonds is 2. The first-order chi connectivity index (χ1) is 11.6. The molecule has 4 rings (SSSR count). The number of thiazole rings is 1. The Morgan fingerprint density at radius 1 is 1.08 bits per heavy atom. The predicted molar refractivity (Wildman–Crippen MR) is 101 cm³/mol. The third-order valence-corrected chi connectivity index (χ3v) is 5.02. The second kappa shape index (κ2) is 5.89. The monoisotopic (exact) mass is 352 g/mol. The Balaban J connectivity index is 1.66. The van der Waals surface area contributed by atoms with Gasteiger partial charge in [0.25, 0.3) is 5.91 Å². The number of amides is 1. The highest BCUT2D eigenvalue weighted by Gasteiger charge is 2.12. The number of anilines is 1. The van der Waals surface area contributed by atoms with Crippen molar-refractivity contribution < 1.29 is 4.79 Å². The first kappa shape index (κ1) is 15.1. The molecule has 24 heavy (non-hydrogen) atoms. The molecule has 1 amide bonds. The summed E-state index contributed by atoms with van der Waals surface area (Å²) in [5.74, 6) is -0.163. The predicted octanol–water partition coefficient (Wildman–Crippen LogP) is 5.66. The zero-order valence-corrected chi connectivity index (χ0v) is 14.4. The molecule has 0 spiro atoms. The van der Waals surface area contributed by atoms with Crippen LogP contribution in [0.3, 0.4) is 0 Å². The minimum atomic E-state index is -0.163. The summed E-state index contributed by atoms with van der Waals surface area (Å²) in [6, 6.07) is 17.4. The average Bonchev–Trinajstić information content (AvgIpc) is 2.97. The normalized spacial score (nSPS) is 11.1. The fourth-order valence-corrected chi connectivity index (χ4v) is 4.02. The van der Waals surface area contributed by atoms with Gasteiger partial charge in [0, 0.05) is 10.6 Å². The molecule has 0 saturated heterocycles. The van der Waals surface area contributed by atoms with Crippen LogP contribution in [0.2, 0.25) is 5.02 Å². The van der Waals surface area contributed by atoms with Gasteiger partial charge in [0.15, 0.2) is 5.13 Å². The highest BCUT2D eigenvalue weighted by molar-refractivity contribution is 7.22. The lowest BCUT2D eigenvalue weighted by Gasteiger charge is -2.03. The van der Waals surface area contributed by atoms with Gasteiger partial charge in [0.2, 0.25) is 0 Å². The Morgan fingerprint density at radius 3 is 2.71 bits per heavy atom. The lowest BCUT2D eigenvalue weighted by atomic mass is 10.1. The summed E-state index contributed by atoms with van der Waals surface area (Å²) in [5.41, 5.74) is 2.49. The fraction of sp³-hybridized carbons (Fsp3) is 0.0526. The molecule has 5 heteroatoms. The molecule has 0 saturated carbocycles. The van der Waals surface area contributed by atoms with E-state index >= 15 is 0 Å². The van der Waals surface area contributed by atoms with Crippen LogP contribution in [0.4, 0.5) is 5.13 Å². The second-order valence-corrected chi connectivity index (χ2v) is 7.07. The van der Waals surface area contributed by atoms with Crippen LogP contribution < -0.4 is 5.32 Å². The molecule has 1 aromatic heterocycles. The van der Waals surface area contributed by atoms with Gasteiger partial charge in [-0.3, -0.25) is 10.1 Å². The Bertz CT molecular complexity index is 1090. The number of carbonyl (C=O) groups is 1. The third kappa shape index (κ3) is 2.75. The van der Waals surface area contributed by atoms with E-state index in [1.807, 2.05) is 61.5 Å². The number of aryl methyl sites for hydroxylation is 1. The van der Waals surface area contributed by atoms with Crippen molar-refractivity contribution in [1.82, 2.24) is 4.98 Å². The van der Waals surface area contributed by atoms with Crippen molar-refractivity contribution in [2.24, 2.45) is 0 Å². The van der Waals surface area contributed by atoms with Crippen LogP contribution in [0.15, 0.2) is 54.6 Å². The molecule has 3 aromatic carbocycles. The molecular formula is C19H13ClN2OS. The summed E-state index contributed by atoms with van der Waals surface area (Å²) in [6.07, 6.45) is 0. The summed E-state index contributed by atoms with van der Waals surface area (Å²) in [5, 5.41) is 6.29. The topological polar surface area (TPSA) is 42.0 Å². The molecule has 118 valence electrons. The van der Waals surface area contributed by atoms with Crippen LogP contribution in [0.5, 0.6) is 0 Å². The Hall–Kier alpha value is -2.43. The number of hydrogen-bond donors (Lipinski definition) is 1. The van der Waals surface area contributed by atoms with Gasteiger partial charge in [0.1, 0.15) is 0 Å². The smallest absolute Gasteiger partial charge is 0.257 e. The van der Waals surface area contributed by atoms with Crippen molar-refractivity contribution in [1.29, 1.82) is 0 Å². The molecule has 0 aliphatic carbocycles. The zero-order chi connectivity index (χ0) is 16.7. The third-order valence-electron chi connectivity index (χ3n) is 3.88. The number of carbonyl (C=O) groups excluding carboxylic acids is 1. The second-order valence-electron chi connectivity index (χ2n) is 5.60. The van der Waals surface area contributed by atoms with E-state index in [9.17, 15) is 4.79 Å². The van der Waals surface area contributed by atoms with E-state index in [1.54, 1.807) is 0 Å². The van der Waals surface area contributed by atoms with E-state index in [2.05, 4.69) is 10.3 Å². The van der Waals surface area contributed by atoms with E-state index in [0.29, 0.717) is 15.7 Å². The van der Waals surface area contributed by atoms with Gasteiger partial charge in [0.05, 0.1) is 10.2 Å². The Kier molecular flexibility index (Phi) is 3.71. The van der Waals surface area contributed by atoms with Crippen molar-refractivity contribution in [3.05, 3.63) is 70.7 Å². The molecule has 1 N–H and O–H groups in total. The molecule has 0 fully saturated rings. The van der Waals surface area contributed by atoms with E-state index in [-0.39, 0.29) is 5.91 Å². The largest absolute Gasteiger partial charge is 0.298 e. The van der Waals surface area contributed by atoms with Crippen LogP contribution in [-0.2, 0) is 0 Å². The van der Waals surface area contributed by atoms with Gasteiger partial charge in [-0.15, -0.1) is 0 Å². The Morgan fingerprint density at radius 2 is 1.88 bits per heavy atom.